The Morgan fingerprint density at radius 2 is 1.75 bits per heavy atom. The molecule has 1 rings (SSSR count). The first-order valence-corrected chi connectivity index (χ1v) is 5.22. The fraction of sp³-hybridized carbons (Fsp3) is 1.00. The molecule has 0 aromatic heterocycles. The summed E-state index contributed by atoms with van der Waals surface area (Å²) in [5.74, 6) is 0.919. The number of nitrogens with one attached hydrogen (secondary N) is 1. The van der Waals surface area contributed by atoms with E-state index in [9.17, 15) is 0 Å². The van der Waals surface area contributed by atoms with Crippen molar-refractivity contribution in [1.29, 1.82) is 0 Å². The monoisotopic (exact) mass is 169 g/mol. The summed E-state index contributed by atoms with van der Waals surface area (Å²) in [5.41, 5.74) is 0.615. The van der Waals surface area contributed by atoms with E-state index in [1.807, 2.05) is 0 Å². The summed E-state index contributed by atoms with van der Waals surface area (Å²) in [6, 6.07) is 0.709. The van der Waals surface area contributed by atoms with Crippen LogP contribution in [0.5, 0.6) is 0 Å². The number of hydrogen-bond acceptors (Lipinski definition) is 1. The Kier molecular flexibility index (Phi) is 3.16. The number of hydrogen-bond donors (Lipinski definition) is 1. The Bertz CT molecular complexity index is 130. The quantitative estimate of drug-likeness (QED) is 0.670. The van der Waals surface area contributed by atoms with Crippen molar-refractivity contribution in [2.24, 2.45) is 11.3 Å². The minimum absolute atomic E-state index is 0.615. The maximum atomic E-state index is 3.36. The van der Waals surface area contributed by atoms with Gasteiger partial charge in [0, 0.05) is 6.04 Å². The Labute approximate surface area is 76.9 Å². The van der Waals surface area contributed by atoms with Gasteiger partial charge in [0.05, 0.1) is 0 Å². The molecule has 0 radical (unpaired) electrons. The topological polar surface area (TPSA) is 12.0 Å². The van der Waals surface area contributed by atoms with Crippen molar-refractivity contribution >= 4 is 0 Å². The van der Waals surface area contributed by atoms with Gasteiger partial charge in [0.15, 0.2) is 0 Å². The van der Waals surface area contributed by atoms with Crippen molar-refractivity contribution in [3.05, 3.63) is 0 Å². The van der Waals surface area contributed by atoms with Gasteiger partial charge >= 0.3 is 0 Å². The molecule has 1 fully saturated rings. The van der Waals surface area contributed by atoms with Gasteiger partial charge in [-0.1, -0.05) is 13.8 Å². The molecule has 0 aliphatic heterocycles. The molecule has 0 saturated heterocycles. The van der Waals surface area contributed by atoms with E-state index in [-0.39, 0.29) is 0 Å². The van der Waals surface area contributed by atoms with Gasteiger partial charge in [0.1, 0.15) is 0 Å². The first-order chi connectivity index (χ1) is 5.55. The summed E-state index contributed by atoms with van der Waals surface area (Å²) in [5, 5.41) is 3.36. The molecule has 0 amide bonds. The zero-order chi connectivity index (χ0) is 9.19. The van der Waals surface area contributed by atoms with Crippen molar-refractivity contribution in [2.75, 3.05) is 7.05 Å². The van der Waals surface area contributed by atoms with E-state index in [0.29, 0.717) is 11.5 Å². The van der Waals surface area contributed by atoms with Crippen LogP contribution in [0.25, 0.3) is 0 Å². The van der Waals surface area contributed by atoms with Crippen molar-refractivity contribution in [1.82, 2.24) is 5.32 Å². The average molecular weight is 169 g/mol. The third kappa shape index (κ3) is 2.48. The summed E-state index contributed by atoms with van der Waals surface area (Å²) in [7, 11) is 2.07. The van der Waals surface area contributed by atoms with Gasteiger partial charge in [-0.2, -0.15) is 0 Å². The molecule has 0 aromatic carbocycles. The van der Waals surface area contributed by atoms with Crippen molar-refractivity contribution in [3.8, 4) is 0 Å². The van der Waals surface area contributed by atoms with Crippen LogP contribution in [0.1, 0.15) is 46.5 Å². The Hall–Kier alpha value is -0.0400. The summed E-state index contributed by atoms with van der Waals surface area (Å²) in [6.45, 7) is 7.10. The van der Waals surface area contributed by atoms with Crippen molar-refractivity contribution < 1.29 is 0 Å². The van der Waals surface area contributed by atoms with E-state index in [0.717, 1.165) is 5.92 Å². The van der Waals surface area contributed by atoms with E-state index < -0.39 is 0 Å². The van der Waals surface area contributed by atoms with Gasteiger partial charge in [-0.3, -0.25) is 0 Å². The molecule has 1 atom stereocenters. The lowest BCUT2D eigenvalue weighted by atomic mass is 9.71. The standard InChI is InChI=1S/C11H23N/c1-9(12-4)10-5-7-11(2,3)8-6-10/h9-10,12H,5-8H2,1-4H3. The second kappa shape index (κ2) is 3.78. The summed E-state index contributed by atoms with van der Waals surface area (Å²) >= 11 is 0. The third-order valence-electron chi connectivity index (χ3n) is 3.55. The maximum absolute atomic E-state index is 3.36. The van der Waals surface area contributed by atoms with Crippen LogP contribution in [0.4, 0.5) is 0 Å². The van der Waals surface area contributed by atoms with Crippen LogP contribution in [-0.4, -0.2) is 13.1 Å². The molecule has 0 bridgehead atoms. The highest BCUT2D eigenvalue weighted by molar-refractivity contribution is 4.82. The van der Waals surface area contributed by atoms with Gasteiger partial charge in [-0.25, -0.2) is 0 Å². The lowest BCUT2D eigenvalue weighted by molar-refractivity contribution is 0.169. The molecular formula is C11H23N. The fourth-order valence-electron chi connectivity index (χ4n) is 2.16. The molecule has 0 spiro atoms. The van der Waals surface area contributed by atoms with Gasteiger partial charge < -0.3 is 5.32 Å². The fourth-order valence-corrected chi connectivity index (χ4v) is 2.16. The Morgan fingerprint density at radius 3 is 2.17 bits per heavy atom. The van der Waals surface area contributed by atoms with E-state index in [1.54, 1.807) is 0 Å². The van der Waals surface area contributed by atoms with Crippen molar-refractivity contribution in [2.45, 2.75) is 52.5 Å². The molecule has 1 N–H and O–H groups in total. The highest BCUT2D eigenvalue weighted by Crippen LogP contribution is 2.38. The SMILES string of the molecule is CNC(C)C1CCC(C)(C)CC1. The predicted octanol–water partition coefficient (Wildman–Crippen LogP) is 2.81. The Morgan fingerprint density at radius 1 is 1.25 bits per heavy atom. The van der Waals surface area contributed by atoms with E-state index >= 15 is 0 Å². The smallest absolute Gasteiger partial charge is 0.00640 e. The van der Waals surface area contributed by atoms with Crippen LogP contribution >= 0.6 is 0 Å². The van der Waals surface area contributed by atoms with E-state index in [1.165, 1.54) is 25.7 Å². The molecule has 1 heteroatoms. The zero-order valence-electron chi connectivity index (χ0n) is 8.98. The third-order valence-corrected chi connectivity index (χ3v) is 3.55. The van der Waals surface area contributed by atoms with E-state index in [2.05, 4.69) is 33.1 Å². The average Bonchev–Trinajstić information content (AvgIpc) is 2.03. The van der Waals surface area contributed by atoms with Crippen LogP contribution < -0.4 is 5.32 Å². The van der Waals surface area contributed by atoms with Crippen molar-refractivity contribution in [3.63, 3.8) is 0 Å². The second-order valence-electron chi connectivity index (χ2n) is 5.08. The molecule has 0 heterocycles. The van der Waals surface area contributed by atoms with Gasteiger partial charge in [0.25, 0.3) is 0 Å². The first-order valence-electron chi connectivity index (χ1n) is 5.22. The largest absolute Gasteiger partial charge is 0.317 e. The first kappa shape index (κ1) is 10.0. The van der Waals surface area contributed by atoms with Crippen LogP contribution in [0.3, 0.4) is 0 Å². The molecular weight excluding hydrogens is 146 g/mol. The highest BCUT2D eigenvalue weighted by Gasteiger charge is 2.28. The zero-order valence-corrected chi connectivity index (χ0v) is 8.98. The van der Waals surface area contributed by atoms with Gasteiger partial charge in [-0.05, 0) is 51.0 Å². The maximum Gasteiger partial charge on any atom is 0.00640 e. The van der Waals surface area contributed by atoms with Crippen LogP contribution in [0.15, 0.2) is 0 Å². The molecule has 1 aliphatic carbocycles. The lowest BCUT2D eigenvalue weighted by Gasteiger charge is -2.36. The summed E-state index contributed by atoms with van der Waals surface area (Å²) in [6.07, 6.45) is 5.64. The van der Waals surface area contributed by atoms with Crippen LogP contribution in [-0.2, 0) is 0 Å². The molecule has 72 valence electrons. The van der Waals surface area contributed by atoms with Crippen LogP contribution in [0, 0.1) is 11.3 Å². The van der Waals surface area contributed by atoms with Gasteiger partial charge in [-0.15, -0.1) is 0 Å². The van der Waals surface area contributed by atoms with E-state index in [4.69, 9.17) is 0 Å². The second-order valence-corrected chi connectivity index (χ2v) is 5.08. The molecule has 1 aliphatic rings. The summed E-state index contributed by atoms with van der Waals surface area (Å²) < 4.78 is 0. The Balaban J connectivity index is 2.36. The normalized spacial score (nSPS) is 27.0. The summed E-state index contributed by atoms with van der Waals surface area (Å²) in [4.78, 5) is 0. The minimum atomic E-state index is 0.615. The highest BCUT2D eigenvalue weighted by atomic mass is 14.9. The molecule has 1 unspecified atom stereocenters. The predicted molar refractivity (Wildman–Crippen MR) is 54.3 cm³/mol. The molecule has 12 heavy (non-hydrogen) atoms. The lowest BCUT2D eigenvalue weighted by Crippen LogP contribution is -2.34. The van der Waals surface area contributed by atoms with Gasteiger partial charge in [0.2, 0.25) is 0 Å². The number of rotatable bonds is 2. The molecule has 0 aromatic rings. The minimum Gasteiger partial charge on any atom is -0.317 e. The molecule has 1 saturated carbocycles. The van der Waals surface area contributed by atoms with Crippen LogP contribution in [0.2, 0.25) is 0 Å². The molecule has 1 nitrogen and oxygen atoms in total.